The van der Waals surface area contributed by atoms with Crippen LogP contribution in [0.2, 0.25) is 0 Å². The molecule has 0 amide bonds. The van der Waals surface area contributed by atoms with Gasteiger partial charge in [0.1, 0.15) is 5.82 Å². The molecule has 2 aromatic carbocycles. The number of ketones is 1. The van der Waals surface area contributed by atoms with Gasteiger partial charge < -0.3 is 4.57 Å². The second kappa shape index (κ2) is 7.94. The van der Waals surface area contributed by atoms with Crippen LogP contribution in [-0.2, 0) is 6.54 Å². The van der Waals surface area contributed by atoms with Crippen molar-refractivity contribution < 1.29 is 4.79 Å². The van der Waals surface area contributed by atoms with Crippen LogP contribution in [0.1, 0.15) is 16.2 Å². The van der Waals surface area contributed by atoms with Crippen molar-refractivity contribution in [3.8, 4) is 11.1 Å². The molecular weight excluding hydrogens is 330 g/mol. The molecule has 0 saturated heterocycles. The second-order valence-electron chi connectivity index (χ2n) is 5.58. The number of aryl methyl sites for hydroxylation is 1. The van der Waals surface area contributed by atoms with Gasteiger partial charge in [0.05, 0.1) is 5.75 Å². The molecule has 0 unspecified atom stereocenters. The first-order valence-electron chi connectivity index (χ1n) is 8.01. The van der Waals surface area contributed by atoms with Crippen LogP contribution >= 0.6 is 11.8 Å². The number of benzene rings is 2. The maximum absolute atomic E-state index is 12.4. The van der Waals surface area contributed by atoms with E-state index in [4.69, 9.17) is 0 Å². The summed E-state index contributed by atoms with van der Waals surface area (Å²) in [5.41, 5.74) is 2.95. The average Bonchev–Trinajstić information content (AvgIpc) is 3.01. The topological polar surface area (TPSA) is 47.8 Å². The lowest BCUT2D eigenvalue weighted by Gasteiger charge is -2.06. The predicted octanol–water partition coefficient (Wildman–Crippen LogP) is 4.41. The highest BCUT2D eigenvalue weighted by Gasteiger charge is 2.12. The fourth-order valence-corrected chi connectivity index (χ4v) is 3.39. The van der Waals surface area contributed by atoms with Crippen LogP contribution in [0, 0.1) is 6.92 Å². The van der Waals surface area contributed by atoms with Gasteiger partial charge in [-0.3, -0.25) is 4.79 Å². The molecule has 4 nitrogen and oxygen atoms in total. The predicted molar refractivity (Wildman–Crippen MR) is 102 cm³/mol. The van der Waals surface area contributed by atoms with Crippen molar-refractivity contribution in [1.82, 2.24) is 14.8 Å². The highest BCUT2D eigenvalue weighted by Crippen LogP contribution is 2.21. The molecule has 3 aromatic rings. The summed E-state index contributed by atoms with van der Waals surface area (Å²) in [6.45, 7) is 6.27. The summed E-state index contributed by atoms with van der Waals surface area (Å²) >= 11 is 1.40. The Labute approximate surface area is 151 Å². The standard InChI is InChI=1S/C20H19N3OS/c1-3-13-23-15(2)21-22-20(23)25-14-19(24)18-11-9-17(10-12-18)16-7-5-4-6-8-16/h3-12H,1,13-14H2,2H3. The number of hydrogen-bond acceptors (Lipinski definition) is 4. The Balaban J connectivity index is 1.67. The maximum atomic E-state index is 12.4. The molecule has 0 atom stereocenters. The van der Waals surface area contributed by atoms with Crippen molar-refractivity contribution in [2.24, 2.45) is 0 Å². The third-order valence-corrected chi connectivity index (χ3v) is 4.83. The summed E-state index contributed by atoms with van der Waals surface area (Å²) in [5.74, 6) is 1.23. The van der Waals surface area contributed by atoms with Gasteiger partial charge in [-0.1, -0.05) is 72.4 Å². The molecule has 0 aliphatic carbocycles. The number of hydrogen-bond donors (Lipinski definition) is 0. The van der Waals surface area contributed by atoms with Gasteiger partial charge in [-0.15, -0.1) is 16.8 Å². The molecular formula is C20H19N3OS. The number of allylic oxidation sites excluding steroid dienone is 1. The Hall–Kier alpha value is -2.66. The number of carbonyl (C=O) groups excluding carboxylic acids is 1. The molecule has 0 fully saturated rings. The Bertz CT molecular complexity index is 870. The molecule has 0 spiro atoms. The van der Waals surface area contributed by atoms with E-state index in [0.29, 0.717) is 17.9 Å². The van der Waals surface area contributed by atoms with Gasteiger partial charge in [0, 0.05) is 12.1 Å². The molecule has 5 heteroatoms. The van der Waals surface area contributed by atoms with Crippen molar-refractivity contribution in [2.75, 3.05) is 5.75 Å². The largest absolute Gasteiger partial charge is 0.302 e. The molecule has 25 heavy (non-hydrogen) atoms. The molecule has 0 aliphatic rings. The minimum Gasteiger partial charge on any atom is -0.302 e. The molecule has 0 aliphatic heterocycles. The third kappa shape index (κ3) is 4.06. The highest BCUT2D eigenvalue weighted by molar-refractivity contribution is 7.99. The highest BCUT2D eigenvalue weighted by atomic mass is 32.2. The smallest absolute Gasteiger partial charge is 0.191 e. The first kappa shape index (κ1) is 17.2. The molecule has 126 valence electrons. The second-order valence-corrected chi connectivity index (χ2v) is 6.53. The summed E-state index contributed by atoms with van der Waals surface area (Å²) < 4.78 is 1.95. The van der Waals surface area contributed by atoms with Crippen LogP contribution in [-0.4, -0.2) is 26.3 Å². The molecule has 0 N–H and O–H groups in total. The van der Waals surface area contributed by atoms with Crippen molar-refractivity contribution in [3.63, 3.8) is 0 Å². The molecule has 3 rings (SSSR count). The lowest BCUT2D eigenvalue weighted by atomic mass is 10.0. The Kier molecular flexibility index (Phi) is 5.46. The molecule has 1 heterocycles. The van der Waals surface area contributed by atoms with Gasteiger partial charge in [-0.05, 0) is 18.1 Å². The Morgan fingerprint density at radius 3 is 2.44 bits per heavy atom. The van der Waals surface area contributed by atoms with E-state index in [-0.39, 0.29) is 5.78 Å². The lowest BCUT2D eigenvalue weighted by molar-refractivity contribution is 0.102. The lowest BCUT2D eigenvalue weighted by Crippen LogP contribution is -2.05. The van der Waals surface area contributed by atoms with E-state index in [1.54, 1.807) is 6.08 Å². The van der Waals surface area contributed by atoms with Crippen LogP contribution in [0.4, 0.5) is 0 Å². The van der Waals surface area contributed by atoms with Gasteiger partial charge in [0.2, 0.25) is 0 Å². The first-order chi connectivity index (χ1) is 12.2. The number of nitrogens with zero attached hydrogens (tertiary/aromatic N) is 3. The number of rotatable bonds is 7. The van der Waals surface area contributed by atoms with Crippen LogP contribution < -0.4 is 0 Å². The third-order valence-electron chi connectivity index (χ3n) is 3.86. The number of aromatic nitrogens is 3. The first-order valence-corrected chi connectivity index (χ1v) is 9.00. The van der Waals surface area contributed by atoms with E-state index >= 15 is 0 Å². The van der Waals surface area contributed by atoms with E-state index < -0.39 is 0 Å². The van der Waals surface area contributed by atoms with E-state index in [1.807, 2.05) is 54.0 Å². The quantitative estimate of drug-likeness (QED) is 0.360. The molecule has 0 bridgehead atoms. The van der Waals surface area contributed by atoms with Crippen molar-refractivity contribution >= 4 is 17.5 Å². The normalized spacial score (nSPS) is 10.6. The monoisotopic (exact) mass is 349 g/mol. The van der Waals surface area contributed by atoms with Crippen LogP contribution in [0.5, 0.6) is 0 Å². The van der Waals surface area contributed by atoms with Gasteiger partial charge in [0.25, 0.3) is 0 Å². The SMILES string of the molecule is C=CCn1c(C)nnc1SCC(=O)c1ccc(-c2ccccc2)cc1. The maximum Gasteiger partial charge on any atom is 0.191 e. The summed E-state index contributed by atoms with van der Waals surface area (Å²) in [7, 11) is 0. The van der Waals surface area contributed by atoms with Gasteiger partial charge in [-0.2, -0.15) is 0 Å². The zero-order valence-corrected chi connectivity index (χ0v) is 14.9. The van der Waals surface area contributed by atoms with Crippen molar-refractivity contribution in [1.29, 1.82) is 0 Å². The van der Waals surface area contributed by atoms with E-state index in [9.17, 15) is 4.79 Å². The zero-order chi connectivity index (χ0) is 17.6. The summed E-state index contributed by atoms with van der Waals surface area (Å²) in [6, 6.07) is 17.8. The molecule has 0 saturated carbocycles. The minimum atomic E-state index is 0.0791. The van der Waals surface area contributed by atoms with Crippen LogP contribution in [0.3, 0.4) is 0 Å². The average molecular weight is 349 g/mol. The number of carbonyl (C=O) groups is 1. The van der Waals surface area contributed by atoms with E-state index in [1.165, 1.54) is 11.8 Å². The molecule has 1 aromatic heterocycles. The summed E-state index contributed by atoms with van der Waals surface area (Å²) in [5, 5.41) is 8.94. The fraction of sp³-hybridized carbons (Fsp3) is 0.150. The Morgan fingerprint density at radius 1 is 1.08 bits per heavy atom. The van der Waals surface area contributed by atoms with E-state index in [0.717, 1.165) is 22.1 Å². The molecule has 0 radical (unpaired) electrons. The van der Waals surface area contributed by atoms with Gasteiger partial charge in [0.15, 0.2) is 10.9 Å². The summed E-state index contributed by atoms with van der Waals surface area (Å²) in [6.07, 6.45) is 1.80. The van der Waals surface area contributed by atoms with Gasteiger partial charge in [-0.25, -0.2) is 0 Å². The Morgan fingerprint density at radius 2 is 1.76 bits per heavy atom. The van der Waals surface area contributed by atoms with Crippen molar-refractivity contribution in [2.45, 2.75) is 18.6 Å². The summed E-state index contributed by atoms with van der Waals surface area (Å²) in [4.78, 5) is 12.4. The van der Waals surface area contributed by atoms with Crippen LogP contribution in [0.25, 0.3) is 11.1 Å². The number of thioether (sulfide) groups is 1. The zero-order valence-electron chi connectivity index (χ0n) is 14.1. The van der Waals surface area contributed by atoms with E-state index in [2.05, 4.69) is 28.9 Å². The fourth-order valence-electron chi connectivity index (χ4n) is 2.50. The van der Waals surface area contributed by atoms with Crippen molar-refractivity contribution in [3.05, 3.63) is 78.6 Å². The number of Topliss-reactive ketones (excluding diaryl/α,β-unsaturated/α-hetero) is 1. The van der Waals surface area contributed by atoms with Crippen LogP contribution in [0.15, 0.2) is 72.4 Å². The van der Waals surface area contributed by atoms with Gasteiger partial charge >= 0.3 is 0 Å². The minimum absolute atomic E-state index is 0.0791.